The predicted octanol–water partition coefficient (Wildman–Crippen LogP) is 2.27. The van der Waals surface area contributed by atoms with E-state index in [0.29, 0.717) is 11.4 Å². The van der Waals surface area contributed by atoms with Crippen molar-refractivity contribution in [3.63, 3.8) is 0 Å². The van der Waals surface area contributed by atoms with E-state index in [0.717, 1.165) is 19.4 Å². The smallest absolute Gasteiger partial charge is 0.258 e. The van der Waals surface area contributed by atoms with E-state index >= 15 is 0 Å². The molecule has 2 aromatic rings. The molecule has 1 aromatic carbocycles. The van der Waals surface area contributed by atoms with E-state index in [-0.39, 0.29) is 35.6 Å². The quantitative estimate of drug-likeness (QED) is 0.898. The van der Waals surface area contributed by atoms with Crippen molar-refractivity contribution in [2.24, 2.45) is 5.41 Å². The van der Waals surface area contributed by atoms with Crippen molar-refractivity contribution in [2.75, 3.05) is 6.54 Å². The zero-order valence-electron chi connectivity index (χ0n) is 13.8. The van der Waals surface area contributed by atoms with Crippen LogP contribution >= 0.6 is 0 Å². The third-order valence-corrected chi connectivity index (χ3v) is 4.35. The maximum absolute atomic E-state index is 13.2. The van der Waals surface area contributed by atoms with Gasteiger partial charge in [0.15, 0.2) is 5.82 Å². The first kappa shape index (κ1) is 16.6. The molecule has 0 radical (unpaired) electrons. The number of rotatable bonds is 4. The van der Waals surface area contributed by atoms with E-state index in [1.807, 2.05) is 0 Å². The summed E-state index contributed by atoms with van der Waals surface area (Å²) in [5.74, 6) is 0.147. The van der Waals surface area contributed by atoms with Crippen molar-refractivity contribution >= 4 is 5.91 Å². The fraction of sp³-hybridized carbons (Fsp3) is 0.471. The summed E-state index contributed by atoms with van der Waals surface area (Å²) in [7, 11) is 0. The standard InChI is InChI=1S/C17H21FN4O2/c1-17(2)7-4-8-19-14(17)15(23)20-10-13-21-16(24-22-13)11-5-3-6-12(18)9-11/h3,5-6,9,14,19H,4,7-8,10H2,1-2H3,(H,20,23). The summed E-state index contributed by atoms with van der Waals surface area (Å²) in [6.45, 7) is 5.18. The van der Waals surface area contributed by atoms with Crippen LogP contribution in [0.3, 0.4) is 0 Å². The Hall–Kier alpha value is -2.28. The molecule has 2 N–H and O–H groups in total. The SMILES string of the molecule is CC1(C)CCCNC1C(=O)NCc1noc(-c2cccc(F)c2)n1. The lowest BCUT2D eigenvalue weighted by Gasteiger charge is -2.38. The van der Waals surface area contributed by atoms with Gasteiger partial charge in [-0.05, 0) is 43.0 Å². The Bertz CT molecular complexity index is 729. The van der Waals surface area contributed by atoms with Gasteiger partial charge in [-0.2, -0.15) is 4.98 Å². The van der Waals surface area contributed by atoms with Crippen molar-refractivity contribution in [3.05, 3.63) is 35.9 Å². The highest BCUT2D eigenvalue weighted by atomic mass is 19.1. The number of carbonyl (C=O) groups is 1. The highest BCUT2D eigenvalue weighted by Gasteiger charge is 2.36. The van der Waals surface area contributed by atoms with Gasteiger partial charge in [-0.25, -0.2) is 4.39 Å². The van der Waals surface area contributed by atoms with Crippen LogP contribution in [0.15, 0.2) is 28.8 Å². The van der Waals surface area contributed by atoms with Gasteiger partial charge < -0.3 is 15.2 Å². The summed E-state index contributed by atoms with van der Waals surface area (Å²) in [4.78, 5) is 16.6. The lowest BCUT2D eigenvalue weighted by Crippen LogP contribution is -2.55. The molecule has 24 heavy (non-hydrogen) atoms. The lowest BCUT2D eigenvalue weighted by molar-refractivity contribution is -0.127. The normalized spacial score (nSPS) is 19.9. The van der Waals surface area contributed by atoms with Crippen molar-refractivity contribution in [1.82, 2.24) is 20.8 Å². The Balaban J connectivity index is 1.62. The molecule has 3 rings (SSSR count). The molecule has 1 aliphatic heterocycles. The van der Waals surface area contributed by atoms with Gasteiger partial charge in [-0.1, -0.05) is 25.1 Å². The second kappa shape index (κ2) is 6.68. The number of benzene rings is 1. The molecule has 1 aliphatic rings. The number of hydrogen-bond donors (Lipinski definition) is 2. The summed E-state index contributed by atoms with van der Waals surface area (Å²) in [5.41, 5.74) is 0.418. The van der Waals surface area contributed by atoms with Crippen molar-refractivity contribution in [3.8, 4) is 11.5 Å². The fourth-order valence-corrected chi connectivity index (χ4v) is 2.99. The molecule has 2 heterocycles. The Morgan fingerprint density at radius 2 is 2.33 bits per heavy atom. The van der Waals surface area contributed by atoms with Crippen LogP contribution in [-0.4, -0.2) is 28.6 Å². The largest absolute Gasteiger partial charge is 0.347 e. The summed E-state index contributed by atoms with van der Waals surface area (Å²) in [6.07, 6.45) is 2.07. The monoisotopic (exact) mass is 332 g/mol. The van der Waals surface area contributed by atoms with E-state index in [9.17, 15) is 9.18 Å². The summed E-state index contributed by atoms with van der Waals surface area (Å²) >= 11 is 0. The van der Waals surface area contributed by atoms with Gasteiger partial charge >= 0.3 is 0 Å². The first-order chi connectivity index (χ1) is 11.5. The van der Waals surface area contributed by atoms with E-state index in [1.165, 1.54) is 12.1 Å². The molecule has 128 valence electrons. The molecule has 1 atom stereocenters. The third kappa shape index (κ3) is 3.62. The minimum absolute atomic E-state index is 0.0724. The maximum atomic E-state index is 13.2. The number of nitrogens with zero attached hydrogens (tertiary/aromatic N) is 2. The topological polar surface area (TPSA) is 80.0 Å². The molecule has 1 unspecified atom stereocenters. The van der Waals surface area contributed by atoms with Crippen LogP contribution in [0.5, 0.6) is 0 Å². The number of hydrogen-bond acceptors (Lipinski definition) is 5. The van der Waals surface area contributed by atoms with Crippen molar-refractivity contribution in [2.45, 2.75) is 39.3 Å². The Morgan fingerprint density at radius 1 is 1.50 bits per heavy atom. The molecule has 0 saturated carbocycles. The Morgan fingerprint density at radius 3 is 3.08 bits per heavy atom. The number of amides is 1. The molecular weight excluding hydrogens is 311 g/mol. The van der Waals surface area contributed by atoms with E-state index in [1.54, 1.807) is 12.1 Å². The van der Waals surface area contributed by atoms with Crippen LogP contribution in [-0.2, 0) is 11.3 Å². The van der Waals surface area contributed by atoms with Crippen LogP contribution in [0.1, 0.15) is 32.5 Å². The number of nitrogens with one attached hydrogen (secondary N) is 2. The zero-order chi connectivity index (χ0) is 17.2. The van der Waals surface area contributed by atoms with Gasteiger partial charge in [-0.3, -0.25) is 4.79 Å². The molecule has 0 spiro atoms. The maximum Gasteiger partial charge on any atom is 0.258 e. The second-order valence-corrected chi connectivity index (χ2v) is 6.72. The molecular formula is C17H21FN4O2. The predicted molar refractivity (Wildman–Crippen MR) is 86.3 cm³/mol. The molecule has 6 nitrogen and oxygen atoms in total. The van der Waals surface area contributed by atoms with E-state index in [4.69, 9.17) is 4.52 Å². The number of halogens is 1. The first-order valence-electron chi connectivity index (χ1n) is 8.05. The third-order valence-electron chi connectivity index (χ3n) is 4.35. The molecule has 1 amide bonds. The second-order valence-electron chi connectivity index (χ2n) is 6.72. The minimum Gasteiger partial charge on any atom is -0.347 e. The zero-order valence-corrected chi connectivity index (χ0v) is 13.8. The van der Waals surface area contributed by atoms with E-state index in [2.05, 4.69) is 34.6 Å². The average Bonchev–Trinajstić information content (AvgIpc) is 3.01. The van der Waals surface area contributed by atoms with Crippen LogP contribution in [0.2, 0.25) is 0 Å². The first-order valence-corrected chi connectivity index (χ1v) is 8.05. The highest BCUT2D eigenvalue weighted by molar-refractivity contribution is 5.82. The van der Waals surface area contributed by atoms with Gasteiger partial charge in [0.1, 0.15) is 5.82 Å². The van der Waals surface area contributed by atoms with Crippen LogP contribution in [0.25, 0.3) is 11.5 Å². The van der Waals surface area contributed by atoms with E-state index < -0.39 is 0 Å². The van der Waals surface area contributed by atoms with Gasteiger partial charge in [-0.15, -0.1) is 0 Å². The number of aromatic nitrogens is 2. The van der Waals surface area contributed by atoms with Gasteiger partial charge in [0.25, 0.3) is 5.89 Å². The summed E-state index contributed by atoms with van der Waals surface area (Å²) < 4.78 is 18.4. The molecule has 1 saturated heterocycles. The molecule has 1 aromatic heterocycles. The minimum atomic E-state index is -0.369. The van der Waals surface area contributed by atoms with Gasteiger partial charge in [0.2, 0.25) is 5.91 Å². The lowest BCUT2D eigenvalue weighted by atomic mass is 9.77. The van der Waals surface area contributed by atoms with Crippen LogP contribution < -0.4 is 10.6 Å². The van der Waals surface area contributed by atoms with Crippen molar-refractivity contribution in [1.29, 1.82) is 0 Å². The molecule has 1 fully saturated rings. The van der Waals surface area contributed by atoms with Gasteiger partial charge in [0.05, 0.1) is 12.6 Å². The number of carbonyl (C=O) groups excluding carboxylic acids is 1. The highest BCUT2D eigenvalue weighted by Crippen LogP contribution is 2.30. The Kier molecular flexibility index (Phi) is 4.62. The summed E-state index contributed by atoms with van der Waals surface area (Å²) in [6, 6.07) is 5.70. The molecule has 0 aliphatic carbocycles. The van der Waals surface area contributed by atoms with Crippen LogP contribution in [0, 0.1) is 11.2 Å². The van der Waals surface area contributed by atoms with Crippen molar-refractivity contribution < 1.29 is 13.7 Å². The fourth-order valence-electron chi connectivity index (χ4n) is 2.99. The average molecular weight is 332 g/mol. The number of piperidine rings is 1. The van der Waals surface area contributed by atoms with Crippen LogP contribution in [0.4, 0.5) is 4.39 Å². The van der Waals surface area contributed by atoms with Gasteiger partial charge in [0, 0.05) is 5.56 Å². The Labute approximate surface area is 139 Å². The summed E-state index contributed by atoms with van der Waals surface area (Å²) in [5, 5.41) is 9.94. The molecule has 0 bridgehead atoms. The molecule has 7 heteroatoms.